The molecule has 3 rings (SSSR count). The molecule has 2 saturated carbocycles. The third-order valence-electron chi connectivity index (χ3n) is 7.36. The lowest BCUT2D eigenvalue weighted by atomic mass is 9.74. The summed E-state index contributed by atoms with van der Waals surface area (Å²) in [7, 11) is 0. The molecule has 0 N–H and O–H groups in total. The Hall–Kier alpha value is -1.32. The molecule has 168 valence electrons. The summed E-state index contributed by atoms with van der Waals surface area (Å²) in [6, 6.07) is 9.21. The van der Waals surface area contributed by atoms with Gasteiger partial charge in [-0.25, -0.2) is 4.39 Å². The molecule has 0 aliphatic heterocycles. The predicted molar refractivity (Wildman–Crippen MR) is 115 cm³/mol. The summed E-state index contributed by atoms with van der Waals surface area (Å²) in [5.74, 6) is 0.531. The topological polar surface area (TPSA) is 0 Å². The first-order valence-electron chi connectivity index (χ1n) is 11.9. The van der Waals surface area contributed by atoms with Gasteiger partial charge in [-0.15, -0.1) is 0 Å². The molecule has 4 heteroatoms. The van der Waals surface area contributed by atoms with Crippen molar-refractivity contribution in [3.8, 4) is 0 Å². The van der Waals surface area contributed by atoms with Crippen LogP contribution in [0.1, 0.15) is 94.6 Å². The first kappa shape index (κ1) is 23.3. The van der Waals surface area contributed by atoms with Crippen molar-refractivity contribution in [2.45, 2.75) is 96.1 Å². The molecule has 1 aromatic rings. The van der Waals surface area contributed by atoms with Gasteiger partial charge in [-0.2, -0.15) is 13.2 Å². The molecule has 0 spiro atoms. The molecule has 0 unspecified atom stereocenters. The maximum Gasteiger partial charge on any atom is 0.412 e. The van der Waals surface area contributed by atoms with Crippen molar-refractivity contribution in [2.24, 2.45) is 17.8 Å². The molecule has 0 bridgehead atoms. The second-order valence-electron chi connectivity index (χ2n) is 9.58. The standard InChI is InChI=1S/C26H36F4/c1-2-3-19-6-12-22(13-7-19)23-14-8-20(9-15-23)4-5-21-10-16-24(17-11-21)25(27)18-26(28,29)30/h6-7,12-13,18,20-21,23-24H,2-5,8-11,14-17H2,1H3/b25-18-. The van der Waals surface area contributed by atoms with E-state index in [9.17, 15) is 17.6 Å². The highest BCUT2D eigenvalue weighted by Gasteiger charge is 2.31. The van der Waals surface area contributed by atoms with Gasteiger partial charge in [-0.05, 0) is 86.7 Å². The number of hydrogen-bond donors (Lipinski definition) is 0. The van der Waals surface area contributed by atoms with Crippen LogP contribution in [0.4, 0.5) is 17.6 Å². The average molecular weight is 425 g/mol. The van der Waals surface area contributed by atoms with Crippen molar-refractivity contribution in [3.05, 3.63) is 47.3 Å². The lowest BCUT2D eigenvalue weighted by Gasteiger charge is -2.32. The second kappa shape index (κ2) is 10.8. The summed E-state index contributed by atoms with van der Waals surface area (Å²) in [4.78, 5) is 0. The monoisotopic (exact) mass is 424 g/mol. The first-order valence-corrected chi connectivity index (χ1v) is 11.9. The molecule has 0 atom stereocenters. The van der Waals surface area contributed by atoms with Crippen LogP contribution in [0.2, 0.25) is 0 Å². The van der Waals surface area contributed by atoms with E-state index in [1.54, 1.807) is 0 Å². The number of alkyl halides is 3. The largest absolute Gasteiger partial charge is 0.412 e. The minimum Gasteiger partial charge on any atom is -0.212 e. The van der Waals surface area contributed by atoms with Crippen LogP contribution in [0.15, 0.2) is 36.2 Å². The zero-order valence-corrected chi connectivity index (χ0v) is 18.2. The number of hydrogen-bond acceptors (Lipinski definition) is 0. The van der Waals surface area contributed by atoms with E-state index in [4.69, 9.17) is 0 Å². The molecule has 30 heavy (non-hydrogen) atoms. The Morgan fingerprint density at radius 2 is 1.40 bits per heavy atom. The third-order valence-corrected chi connectivity index (χ3v) is 7.36. The number of halogens is 4. The summed E-state index contributed by atoms with van der Waals surface area (Å²) < 4.78 is 50.8. The normalized spacial score (nSPS) is 28.5. The molecule has 0 nitrogen and oxygen atoms in total. The van der Waals surface area contributed by atoms with Gasteiger partial charge < -0.3 is 0 Å². The lowest BCUT2D eigenvalue weighted by Crippen LogP contribution is -2.18. The van der Waals surface area contributed by atoms with Gasteiger partial charge in [0, 0.05) is 5.92 Å². The molecular formula is C26H36F4. The van der Waals surface area contributed by atoms with E-state index in [1.165, 1.54) is 49.7 Å². The fourth-order valence-electron chi connectivity index (χ4n) is 5.50. The Labute approximate surface area is 179 Å². The maximum atomic E-state index is 13.8. The summed E-state index contributed by atoms with van der Waals surface area (Å²) in [6.45, 7) is 2.21. The van der Waals surface area contributed by atoms with Crippen LogP contribution >= 0.6 is 0 Å². The van der Waals surface area contributed by atoms with Crippen molar-refractivity contribution >= 4 is 0 Å². The molecule has 1 aromatic carbocycles. The molecule has 0 aromatic heterocycles. The van der Waals surface area contributed by atoms with Crippen LogP contribution in [-0.2, 0) is 6.42 Å². The molecule has 0 radical (unpaired) electrons. The fraction of sp³-hybridized carbons (Fsp3) is 0.692. The Morgan fingerprint density at radius 3 is 1.90 bits per heavy atom. The van der Waals surface area contributed by atoms with Crippen LogP contribution in [0, 0.1) is 17.8 Å². The Bertz CT molecular complexity index is 657. The van der Waals surface area contributed by atoms with E-state index < -0.39 is 17.9 Å². The number of allylic oxidation sites excluding steroid dienone is 2. The van der Waals surface area contributed by atoms with E-state index >= 15 is 0 Å². The third kappa shape index (κ3) is 7.13. The van der Waals surface area contributed by atoms with Gasteiger partial charge in [-0.1, -0.05) is 50.5 Å². The van der Waals surface area contributed by atoms with Gasteiger partial charge in [-0.3, -0.25) is 0 Å². The van der Waals surface area contributed by atoms with Crippen LogP contribution in [0.5, 0.6) is 0 Å². The Balaban J connectivity index is 1.36. The van der Waals surface area contributed by atoms with Gasteiger partial charge in [0.25, 0.3) is 0 Å². The van der Waals surface area contributed by atoms with Gasteiger partial charge in [0.2, 0.25) is 0 Å². The van der Waals surface area contributed by atoms with Crippen molar-refractivity contribution in [3.63, 3.8) is 0 Å². The number of aryl methyl sites for hydroxylation is 1. The number of rotatable bonds is 7. The lowest BCUT2D eigenvalue weighted by molar-refractivity contribution is -0.0821. The minimum atomic E-state index is -4.54. The Morgan fingerprint density at radius 1 is 0.867 bits per heavy atom. The van der Waals surface area contributed by atoms with Gasteiger partial charge in [0.1, 0.15) is 5.83 Å². The van der Waals surface area contributed by atoms with Crippen molar-refractivity contribution in [1.82, 2.24) is 0 Å². The second-order valence-corrected chi connectivity index (χ2v) is 9.58. The van der Waals surface area contributed by atoms with Gasteiger partial charge in [0.05, 0.1) is 6.08 Å². The summed E-state index contributed by atoms with van der Waals surface area (Å²) in [6.07, 6.45) is 7.95. The highest BCUT2D eigenvalue weighted by Crippen LogP contribution is 2.41. The molecule has 2 fully saturated rings. The highest BCUT2D eigenvalue weighted by molar-refractivity contribution is 5.25. The zero-order valence-electron chi connectivity index (χ0n) is 18.2. The number of benzene rings is 1. The molecule has 0 amide bonds. The quantitative estimate of drug-likeness (QED) is 0.383. The van der Waals surface area contributed by atoms with E-state index in [-0.39, 0.29) is 6.08 Å². The molecule has 0 heterocycles. The van der Waals surface area contributed by atoms with Gasteiger partial charge in [0.15, 0.2) is 0 Å². The maximum absolute atomic E-state index is 13.8. The van der Waals surface area contributed by atoms with E-state index in [0.29, 0.717) is 24.7 Å². The molecule has 2 aliphatic carbocycles. The van der Waals surface area contributed by atoms with E-state index in [0.717, 1.165) is 31.6 Å². The van der Waals surface area contributed by atoms with Crippen LogP contribution in [0.3, 0.4) is 0 Å². The van der Waals surface area contributed by atoms with Crippen molar-refractivity contribution in [2.75, 3.05) is 0 Å². The Kier molecular flexibility index (Phi) is 8.42. The first-order chi connectivity index (χ1) is 14.3. The van der Waals surface area contributed by atoms with Gasteiger partial charge >= 0.3 is 6.18 Å². The fourth-order valence-corrected chi connectivity index (χ4v) is 5.50. The highest BCUT2D eigenvalue weighted by atomic mass is 19.4. The van der Waals surface area contributed by atoms with E-state index in [1.807, 2.05) is 0 Å². The van der Waals surface area contributed by atoms with Crippen molar-refractivity contribution < 1.29 is 17.6 Å². The summed E-state index contributed by atoms with van der Waals surface area (Å²) in [5.41, 5.74) is 2.92. The zero-order chi connectivity index (χ0) is 21.6. The smallest absolute Gasteiger partial charge is 0.212 e. The SMILES string of the molecule is CCCc1ccc(C2CCC(CCC3CCC(/C(F)=C/C(F)(F)F)CC3)CC2)cc1. The van der Waals surface area contributed by atoms with E-state index in [2.05, 4.69) is 31.2 Å². The van der Waals surface area contributed by atoms with Crippen LogP contribution in [0.25, 0.3) is 0 Å². The predicted octanol–water partition coefficient (Wildman–Crippen LogP) is 8.92. The average Bonchev–Trinajstić information content (AvgIpc) is 2.73. The van der Waals surface area contributed by atoms with Crippen LogP contribution < -0.4 is 0 Å². The summed E-state index contributed by atoms with van der Waals surface area (Å²) >= 11 is 0. The van der Waals surface area contributed by atoms with Crippen LogP contribution in [-0.4, -0.2) is 6.18 Å². The molecular weight excluding hydrogens is 388 g/mol. The molecule has 0 saturated heterocycles. The molecule has 2 aliphatic rings. The summed E-state index contributed by atoms with van der Waals surface area (Å²) in [5, 5.41) is 0. The minimum absolute atomic E-state index is 0.145. The van der Waals surface area contributed by atoms with Crippen molar-refractivity contribution in [1.29, 1.82) is 0 Å².